The second-order valence-corrected chi connectivity index (χ2v) is 3.60. The summed E-state index contributed by atoms with van der Waals surface area (Å²) in [5.74, 6) is 0.245. The number of benzene rings is 1. The minimum Gasteiger partial charge on any atom is -0.508 e. The minimum atomic E-state index is -0.148. The fourth-order valence-electron chi connectivity index (χ4n) is 1.47. The average Bonchev–Trinajstić information content (AvgIpc) is 2.18. The lowest BCUT2D eigenvalue weighted by molar-refractivity contribution is -0.121. The Morgan fingerprint density at radius 2 is 2.13 bits per heavy atom. The number of carbonyl (C=O) groups is 1. The minimum absolute atomic E-state index is 0.0215. The van der Waals surface area contributed by atoms with E-state index in [4.69, 9.17) is 0 Å². The van der Waals surface area contributed by atoms with Gasteiger partial charge in [-0.2, -0.15) is 0 Å². The van der Waals surface area contributed by atoms with Crippen LogP contribution in [-0.4, -0.2) is 11.0 Å². The Morgan fingerprint density at radius 3 is 2.73 bits per heavy atom. The van der Waals surface area contributed by atoms with Crippen molar-refractivity contribution in [1.82, 2.24) is 5.32 Å². The molecule has 0 heterocycles. The molecule has 2 N–H and O–H groups in total. The first-order valence-corrected chi connectivity index (χ1v) is 5.22. The summed E-state index contributed by atoms with van der Waals surface area (Å²) in [5, 5.41) is 12.4. The van der Waals surface area contributed by atoms with Gasteiger partial charge in [0, 0.05) is 12.0 Å². The molecule has 0 spiro atoms. The molecule has 0 fully saturated rings. The van der Waals surface area contributed by atoms with Gasteiger partial charge in [-0.15, -0.1) is 0 Å². The van der Waals surface area contributed by atoms with Crippen molar-refractivity contribution in [2.45, 2.75) is 32.7 Å². The van der Waals surface area contributed by atoms with Crippen molar-refractivity contribution >= 4 is 5.91 Å². The second kappa shape index (κ2) is 5.39. The summed E-state index contributed by atoms with van der Waals surface area (Å²) in [5.41, 5.74) is 0.752. The van der Waals surface area contributed by atoms with E-state index in [1.165, 1.54) is 0 Å². The number of hydrogen-bond acceptors (Lipinski definition) is 2. The normalized spacial score (nSPS) is 12.1. The van der Waals surface area contributed by atoms with Crippen LogP contribution in [0.5, 0.6) is 5.75 Å². The molecular formula is C12H17NO2. The second-order valence-electron chi connectivity index (χ2n) is 3.60. The van der Waals surface area contributed by atoms with E-state index in [1.807, 2.05) is 26.0 Å². The summed E-state index contributed by atoms with van der Waals surface area (Å²) in [4.78, 5) is 11.3. The molecule has 0 aromatic heterocycles. The molecule has 1 amide bonds. The molecule has 0 saturated carbocycles. The van der Waals surface area contributed by atoms with Crippen molar-refractivity contribution in [2.24, 2.45) is 0 Å². The first-order chi connectivity index (χ1) is 7.15. The van der Waals surface area contributed by atoms with Gasteiger partial charge in [0.25, 0.3) is 0 Å². The Balaban J connectivity index is 2.65. The summed E-state index contributed by atoms with van der Waals surface area (Å²) >= 11 is 0. The van der Waals surface area contributed by atoms with E-state index in [1.54, 1.807) is 12.1 Å². The van der Waals surface area contributed by atoms with E-state index < -0.39 is 0 Å². The summed E-state index contributed by atoms with van der Waals surface area (Å²) in [6.45, 7) is 3.83. The summed E-state index contributed by atoms with van der Waals surface area (Å²) in [7, 11) is 0. The Bertz CT molecular complexity index is 336. The van der Waals surface area contributed by atoms with Crippen molar-refractivity contribution in [3.8, 4) is 5.75 Å². The molecule has 0 radical (unpaired) electrons. The molecule has 0 bridgehead atoms. The summed E-state index contributed by atoms with van der Waals surface area (Å²) in [6, 6.07) is 6.89. The van der Waals surface area contributed by atoms with Crippen LogP contribution in [0.4, 0.5) is 0 Å². The summed E-state index contributed by atoms with van der Waals surface area (Å²) < 4.78 is 0. The highest BCUT2D eigenvalue weighted by atomic mass is 16.3. The van der Waals surface area contributed by atoms with E-state index in [9.17, 15) is 9.90 Å². The molecule has 3 nitrogen and oxygen atoms in total. The highest BCUT2D eigenvalue weighted by molar-refractivity contribution is 5.76. The smallest absolute Gasteiger partial charge is 0.220 e. The predicted octanol–water partition coefficient (Wildman–Crippen LogP) is 2.37. The molecule has 0 saturated heterocycles. The largest absolute Gasteiger partial charge is 0.508 e. The molecule has 1 aromatic carbocycles. The molecule has 1 atom stereocenters. The molecule has 1 rings (SSSR count). The molecule has 0 aliphatic rings. The van der Waals surface area contributed by atoms with Gasteiger partial charge in [0.05, 0.1) is 6.04 Å². The molecule has 15 heavy (non-hydrogen) atoms. The lowest BCUT2D eigenvalue weighted by Crippen LogP contribution is -2.26. The Kier molecular flexibility index (Phi) is 4.16. The van der Waals surface area contributed by atoms with Crippen molar-refractivity contribution in [3.63, 3.8) is 0 Å². The van der Waals surface area contributed by atoms with Crippen molar-refractivity contribution < 1.29 is 9.90 Å². The molecule has 0 aliphatic heterocycles. The number of phenols is 1. The zero-order chi connectivity index (χ0) is 11.3. The van der Waals surface area contributed by atoms with Crippen LogP contribution < -0.4 is 5.32 Å². The van der Waals surface area contributed by atoms with Crippen LogP contribution >= 0.6 is 0 Å². The third-order valence-corrected chi connectivity index (χ3v) is 2.26. The third-order valence-electron chi connectivity index (χ3n) is 2.26. The van der Waals surface area contributed by atoms with E-state index in [0.29, 0.717) is 6.42 Å². The fourth-order valence-corrected chi connectivity index (χ4v) is 1.47. The van der Waals surface area contributed by atoms with Gasteiger partial charge in [0.15, 0.2) is 0 Å². The molecule has 1 unspecified atom stereocenters. The number of nitrogens with one attached hydrogen (secondary N) is 1. The van der Waals surface area contributed by atoms with Crippen LogP contribution in [0.2, 0.25) is 0 Å². The van der Waals surface area contributed by atoms with Gasteiger partial charge in [-0.25, -0.2) is 0 Å². The predicted molar refractivity (Wildman–Crippen MR) is 59.6 cm³/mol. The van der Waals surface area contributed by atoms with Crippen molar-refractivity contribution in [2.75, 3.05) is 0 Å². The molecular weight excluding hydrogens is 190 g/mol. The fraction of sp³-hybridized carbons (Fsp3) is 0.417. The summed E-state index contributed by atoms with van der Waals surface area (Å²) in [6.07, 6.45) is 1.36. The number of amides is 1. The SMILES string of the molecule is CCCC(=O)NC(C)c1ccccc1O. The van der Waals surface area contributed by atoms with Crippen LogP contribution in [0.1, 0.15) is 38.3 Å². The van der Waals surface area contributed by atoms with Crippen LogP contribution in [0.15, 0.2) is 24.3 Å². The quantitative estimate of drug-likeness (QED) is 0.796. The average molecular weight is 207 g/mol. The maximum absolute atomic E-state index is 11.3. The van der Waals surface area contributed by atoms with E-state index in [-0.39, 0.29) is 17.7 Å². The highest BCUT2D eigenvalue weighted by Crippen LogP contribution is 2.22. The van der Waals surface area contributed by atoms with Gasteiger partial charge in [-0.05, 0) is 19.4 Å². The molecule has 0 aliphatic carbocycles. The zero-order valence-corrected chi connectivity index (χ0v) is 9.16. The van der Waals surface area contributed by atoms with E-state index in [0.717, 1.165) is 12.0 Å². The third kappa shape index (κ3) is 3.27. The number of carbonyl (C=O) groups excluding carboxylic acids is 1. The van der Waals surface area contributed by atoms with E-state index in [2.05, 4.69) is 5.32 Å². The first-order valence-electron chi connectivity index (χ1n) is 5.22. The number of aromatic hydroxyl groups is 1. The lowest BCUT2D eigenvalue weighted by Gasteiger charge is -2.15. The van der Waals surface area contributed by atoms with Crippen LogP contribution in [-0.2, 0) is 4.79 Å². The van der Waals surface area contributed by atoms with Gasteiger partial charge < -0.3 is 10.4 Å². The van der Waals surface area contributed by atoms with Gasteiger partial charge in [-0.3, -0.25) is 4.79 Å². The van der Waals surface area contributed by atoms with Gasteiger partial charge in [-0.1, -0.05) is 25.1 Å². The van der Waals surface area contributed by atoms with Crippen LogP contribution in [0, 0.1) is 0 Å². The van der Waals surface area contributed by atoms with E-state index >= 15 is 0 Å². The van der Waals surface area contributed by atoms with Crippen molar-refractivity contribution in [1.29, 1.82) is 0 Å². The monoisotopic (exact) mass is 207 g/mol. The van der Waals surface area contributed by atoms with Gasteiger partial charge in [0.1, 0.15) is 5.75 Å². The molecule has 82 valence electrons. The maximum atomic E-state index is 11.3. The first kappa shape index (κ1) is 11.6. The zero-order valence-electron chi connectivity index (χ0n) is 9.16. The number of rotatable bonds is 4. The highest BCUT2D eigenvalue weighted by Gasteiger charge is 2.11. The van der Waals surface area contributed by atoms with Gasteiger partial charge >= 0.3 is 0 Å². The van der Waals surface area contributed by atoms with Crippen molar-refractivity contribution in [3.05, 3.63) is 29.8 Å². The molecule has 1 aromatic rings. The standard InChI is InChI=1S/C12H17NO2/c1-3-6-12(15)13-9(2)10-7-4-5-8-11(10)14/h4-5,7-9,14H,3,6H2,1-2H3,(H,13,15). The van der Waals surface area contributed by atoms with Gasteiger partial charge in [0.2, 0.25) is 5.91 Å². The van der Waals surface area contributed by atoms with Crippen LogP contribution in [0.25, 0.3) is 0 Å². The number of phenolic OH excluding ortho intramolecular Hbond substituents is 1. The maximum Gasteiger partial charge on any atom is 0.220 e. The lowest BCUT2D eigenvalue weighted by atomic mass is 10.1. The Labute approximate surface area is 90.1 Å². The number of hydrogen-bond donors (Lipinski definition) is 2. The number of para-hydroxylation sites is 1. The van der Waals surface area contributed by atoms with Crippen LogP contribution in [0.3, 0.4) is 0 Å². The topological polar surface area (TPSA) is 49.3 Å². The Hall–Kier alpha value is -1.51. The Morgan fingerprint density at radius 1 is 1.47 bits per heavy atom. The molecule has 3 heteroatoms.